The van der Waals surface area contributed by atoms with Gasteiger partial charge in [0.15, 0.2) is 0 Å². The Kier molecular flexibility index (Phi) is 5.45. The highest BCUT2D eigenvalue weighted by atomic mass is 35.5. The van der Waals surface area contributed by atoms with Crippen molar-refractivity contribution in [2.24, 2.45) is 0 Å². The maximum absolute atomic E-state index is 10.7. The predicted octanol–water partition coefficient (Wildman–Crippen LogP) is 2.44. The summed E-state index contributed by atoms with van der Waals surface area (Å²) in [5.41, 5.74) is 0. The van der Waals surface area contributed by atoms with Crippen molar-refractivity contribution >= 4 is 29.0 Å². The van der Waals surface area contributed by atoms with E-state index in [1.165, 1.54) is 0 Å². The molecule has 1 aromatic heterocycles. The van der Waals surface area contributed by atoms with Crippen LogP contribution in [0.2, 0.25) is 0 Å². The van der Waals surface area contributed by atoms with Crippen molar-refractivity contribution in [1.29, 1.82) is 0 Å². The monoisotopic (exact) mass is 249 g/mol. The lowest BCUT2D eigenvalue weighted by atomic mass is 10.3. The van der Waals surface area contributed by atoms with Gasteiger partial charge in [0.1, 0.15) is 0 Å². The third-order valence-corrected chi connectivity index (χ3v) is 2.77. The van der Waals surface area contributed by atoms with Crippen LogP contribution in [0.5, 0.6) is 0 Å². The Morgan fingerprint density at radius 3 is 3.00 bits per heavy atom. The van der Waals surface area contributed by atoms with Gasteiger partial charge in [-0.15, -0.1) is 22.9 Å². The highest BCUT2D eigenvalue weighted by Gasteiger charge is 2.12. The standard InChI is InChI=1S/C9H12ClNO3S/c10-4-6-14-11(9(12)13)5-3-8-2-1-7-15-8/h1-2,7H,3-6H2,(H,12,13). The molecule has 0 unspecified atom stereocenters. The van der Waals surface area contributed by atoms with Crippen LogP contribution in [0.3, 0.4) is 0 Å². The van der Waals surface area contributed by atoms with Gasteiger partial charge in [-0.1, -0.05) is 6.07 Å². The van der Waals surface area contributed by atoms with Crippen LogP contribution >= 0.6 is 22.9 Å². The van der Waals surface area contributed by atoms with E-state index in [0.717, 1.165) is 9.94 Å². The third-order valence-electron chi connectivity index (χ3n) is 1.68. The van der Waals surface area contributed by atoms with Gasteiger partial charge in [-0.05, 0) is 11.4 Å². The Balaban J connectivity index is 2.34. The molecular formula is C9H12ClNO3S. The van der Waals surface area contributed by atoms with Crippen molar-refractivity contribution in [3.8, 4) is 0 Å². The maximum atomic E-state index is 10.7. The Hall–Kier alpha value is -0.780. The molecule has 4 nitrogen and oxygen atoms in total. The topological polar surface area (TPSA) is 49.8 Å². The van der Waals surface area contributed by atoms with Crippen molar-refractivity contribution in [2.75, 3.05) is 19.0 Å². The van der Waals surface area contributed by atoms with Crippen molar-refractivity contribution in [3.05, 3.63) is 22.4 Å². The van der Waals surface area contributed by atoms with Crippen molar-refractivity contribution in [1.82, 2.24) is 5.06 Å². The second-order valence-electron chi connectivity index (χ2n) is 2.74. The van der Waals surface area contributed by atoms with Gasteiger partial charge in [-0.3, -0.25) is 4.84 Å². The summed E-state index contributed by atoms with van der Waals surface area (Å²) in [4.78, 5) is 16.8. The van der Waals surface area contributed by atoms with Gasteiger partial charge in [0, 0.05) is 17.2 Å². The molecule has 0 atom stereocenters. The largest absolute Gasteiger partial charge is 0.463 e. The molecule has 0 saturated carbocycles. The molecule has 0 saturated heterocycles. The first-order valence-electron chi connectivity index (χ1n) is 4.45. The maximum Gasteiger partial charge on any atom is 0.431 e. The molecule has 84 valence electrons. The average molecular weight is 250 g/mol. The van der Waals surface area contributed by atoms with Gasteiger partial charge in [-0.25, -0.2) is 4.79 Å². The molecule has 0 spiro atoms. The SMILES string of the molecule is O=C(O)N(CCc1cccs1)OCCCl. The molecule has 0 radical (unpaired) electrons. The van der Waals surface area contributed by atoms with E-state index in [-0.39, 0.29) is 12.5 Å². The number of rotatable bonds is 6. The first kappa shape index (κ1) is 12.3. The molecule has 0 aliphatic carbocycles. The van der Waals surface area contributed by atoms with Crippen LogP contribution in [0.15, 0.2) is 17.5 Å². The molecule has 0 aromatic carbocycles. The van der Waals surface area contributed by atoms with E-state index < -0.39 is 6.09 Å². The summed E-state index contributed by atoms with van der Waals surface area (Å²) in [5, 5.41) is 11.7. The third kappa shape index (κ3) is 4.51. The number of alkyl halides is 1. The second kappa shape index (κ2) is 6.66. The first-order valence-corrected chi connectivity index (χ1v) is 5.87. The van der Waals surface area contributed by atoms with Gasteiger partial charge >= 0.3 is 6.09 Å². The Morgan fingerprint density at radius 1 is 1.67 bits per heavy atom. The predicted molar refractivity (Wildman–Crippen MR) is 59.4 cm³/mol. The highest BCUT2D eigenvalue weighted by Crippen LogP contribution is 2.10. The Bertz CT molecular complexity index is 292. The van der Waals surface area contributed by atoms with Gasteiger partial charge in [0.05, 0.1) is 13.2 Å². The van der Waals surface area contributed by atoms with E-state index in [9.17, 15) is 4.79 Å². The van der Waals surface area contributed by atoms with Crippen LogP contribution in [0.1, 0.15) is 4.88 Å². The van der Waals surface area contributed by atoms with E-state index >= 15 is 0 Å². The van der Waals surface area contributed by atoms with Crippen LogP contribution in [-0.4, -0.2) is 35.3 Å². The zero-order valence-corrected chi connectivity index (χ0v) is 9.63. The quantitative estimate of drug-likeness (QED) is 0.622. The smallest absolute Gasteiger partial charge is 0.431 e. The minimum Gasteiger partial charge on any atom is -0.463 e. The Morgan fingerprint density at radius 2 is 2.47 bits per heavy atom. The molecule has 1 rings (SSSR count). The van der Waals surface area contributed by atoms with Crippen LogP contribution in [0.4, 0.5) is 4.79 Å². The lowest BCUT2D eigenvalue weighted by Gasteiger charge is -2.17. The van der Waals surface area contributed by atoms with Gasteiger partial charge in [0.2, 0.25) is 0 Å². The molecular weight excluding hydrogens is 238 g/mol. The van der Waals surface area contributed by atoms with E-state index in [4.69, 9.17) is 21.5 Å². The number of hydrogen-bond acceptors (Lipinski definition) is 3. The number of amides is 1. The van der Waals surface area contributed by atoms with Crippen LogP contribution in [0.25, 0.3) is 0 Å². The van der Waals surface area contributed by atoms with Crippen LogP contribution in [-0.2, 0) is 11.3 Å². The molecule has 15 heavy (non-hydrogen) atoms. The van der Waals surface area contributed by atoms with Crippen LogP contribution < -0.4 is 0 Å². The fourth-order valence-electron chi connectivity index (χ4n) is 1.03. The number of nitrogens with zero attached hydrogens (tertiary/aromatic N) is 1. The van der Waals surface area contributed by atoms with Crippen molar-refractivity contribution in [3.63, 3.8) is 0 Å². The van der Waals surface area contributed by atoms with Crippen LogP contribution in [0, 0.1) is 0 Å². The summed E-state index contributed by atoms with van der Waals surface area (Å²) in [6.07, 6.45) is -0.427. The zero-order valence-electron chi connectivity index (χ0n) is 8.06. The number of carboxylic acid groups (broad SMARTS) is 1. The summed E-state index contributed by atoms with van der Waals surface area (Å²) < 4.78 is 0. The molecule has 1 amide bonds. The molecule has 1 aromatic rings. The van der Waals surface area contributed by atoms with E-state index in [2.05, 4.69) is 0 Å². The fourth-order valence-corrected chi connectivity index (χ4v) is 1.79. The number of hydrogen-bond donors (Lipinski definition) is 1. The number of hydroxylamine groups is 2. The first-order chi connectivity index (χ1) is 7.24. The number of thiophene rings is 1. The normalized spacial score (nSPS) is 10.2. The number of carbonyl (C=O) groups is 1. The summed E-state index contributed by atoms with van der Waals surface area (Å²) in [6, 6.07) is 3.90. The molecule has 6 heteroatoms. The fraction of sp³-hybridized carbons (Fsp3) is 0.444. The van der Waals surface area contributed by atoms with E-state index in [0.29, 0.717) is 13.0 Å². The second-order valence-corrected chi connectivity index (χ2v) is 4.15. The van der Waals surface area contributed by atoms with Crippen molar-refractivity contribution in [2.45, 2.75) is 6.42 Å². The molecule has 0 bridgehead atoms. The number of halogens is 1. The van der Waals surface area contributed by atoms with E-state index in [1.54, 1.807) is 11.3 Å². The Labute approximate surface area is 97.0 Å². The summed E-state index contributed by atoms with van der Waals surface area (Å²) in [5.74, 6) is 0.281. The lowest BCUT2D eigenvalue weighted by molar-refractivity contribution is -0.124. The summed E-state index contributed by atoms with van der Waals surface area (Å²) in [6.45, 7) is 0.533. The molecule has 0 fully saturated rings. The molecule has 1 heterocycles. The molecule has 0 aliphatic heterocycles. The summed E-state index contributed by atoms with van der Waals surface area (Å²) in [7, 11) is 0. The minimum atomic E-state index is -1.09. The molecule has 1 N–H and O–H groups in total. The van der Waals surface area contributed by atoms with Gasteiger partial charge in [-0.2, -0.15) is 5.06 Å². The molecule has 0 aliphatic rings. The highest BCUT2D eigenvalue weighted by molar-refractivity contribution is 7.09. The zero-order chi connectivity index (χ0) is 11.1. The van der Waals surface area contributed by atoms with Gasteiger partial charge < -0.3 is 5.11 Å². The van der Waals surface area contributed by atoms with E-state index in [1.807, 2.05) is 17.5 Å². The minimum absolute atomic E-state index is 0.207. The van der Waals surface area contributed by atoms with Gasteiger partial charge in [0.25, 0.3) is 0 Å². The summed E-state index contributed by atoms with van der Waals surface area (Å²) >= 11 is 7.01. The lowest BCUT2D eigenvalue weighted by Crippen LogP contribution is -2.32. The van der Waals surface area contributed by atoms with Crippen molar-refractivity contribution < 1.29 is 14.7 Å². The average Bonchev–Trinajstić information content (AvgIpc) is 2.70.